The van der Waals surface area contributed by atoms with Crippen LogP contribution in [0.5, 0.6) is 5.75 Å². The van der Waals surface area contributed by atoms with Crippen LogP contribution >= 0.6 is 0 Å². The molecule has 0 aliphatic carbocycles. The summed E-state index contributed by atoms with van der Waals surface area (Å²) >= 11 is 0. The monoisotopic (exact) mass is 314 g/mol. The lowest BCUT2D eigenvalue weighted by Crippen LogP contribution is -2.41. The van der Waals surface area contributed by atoms with E-state index in [0.29, 0.717) is 6.04 Å². The molecule has 1 aromatic carbocycles. The lowest BCUT2D eigenvalue weighted by molar-refractivity contribution is 0.190. The number of nitrogens with one attached hydrogen (secondary N) is 2. The number of likely N-dealkylation sites (tertiary alicyclic amines) is 1. The largest absolute Gasteiger partial charge is 0.497 e. The van der Waals surface area contributed by atoms with E-state index < -0.39 is 0 Å². The van der Waals surface area contributed by atoms with Crippen molar-refractivity contribution in [3.05, 3.63) is 47.3 Å². The Bertz CT molecular complexity index is 617. The summed E-state index contributed by atoms with van der Waals surface area (Å²) in [5.74, 6) is 0.939. The molecule has 2 heterocycles. The number of aromatic nitrogens is 2. The molecule has 0 atom stereocenters. The smallest absolute Gasteiger partial charge is 0.119 e. The molecule has 0 amide bonds. The fourth-order valence-corrected chi connectivity index (χ4v) is 3.13. The first kappa shape index (κ1) is 16.0. The highest BCUT2D eigenvalue weighted by Crippen LogP contribution is 2.18. The van der Waals surface area contributed by atoms with Crippen LogP contribution in [-0.4, -0.2) is 41.3 Å². The third-order valence-corrected chi connectivity index (χ3v) is 4.64. The molecule has 23 heavy (non-hydrogen) atoms. The molecule has 0 saturated carbocycles. The number of hydrogen-bond donors (Lipinski definition) is 2. The van der Waals surface area contributed by atoms with Crippen LogP contribution in [0.2, 0.25) is 0 Å². The maximum absolute atomic E-state index is 5.30. The molecule has 1 fully saturated rings. The first-order chi connectivity index (χ1) is 11.2. The molecular weight excluding hydrogens is 288 g/mol. The number of rotatable bonds is 6. The van der Waals surface area contributed by atoms with Crippen LogP contribution in [-0.2, 0) is 13.1 Å². The van der Waals surface area contributed by atoms with Crippen LogP contribution in [0.15, 0.2) is 30.5 Å². The molecule has 1 saturated heterocycles. The van der Waals surface area contributed by atoms with E-state index in [9.17, 15) is 0 Å². The van der Waals surface area contributed by atoms with Crippen LogP contribution in [0.3, 0.4) is 0 Å². The Morgan fingerprint density at radius 2 is 2.17 bits per heavy atom. The first-order valence-electron chi connectivity index (χ1n) is 8.32. The third-order valence-electron chi connectivity index (χ3n) is 4.64. The molecule has 1 aliphatic heterocycles. The Morgan fingerprint density at radius 1 is 1.35 bits per heavy atom. The van der Waals surface area contributed by atoms with E-state index in [1.165, 1.54) is 24.0 Å². The number of aromatic amines is 1. The van der Waals surface area contributed by atoms with E-state index in [1.807, 2.05) is 12.3 Å². The lowest BCUT2D eigenvalue weighted by Gasteiger charge is -2.32. The summed E-state index contributed by atoms with van der Waals surface area (Å²) in [6.45, 7) is 6.26. The van der Waals surface area contributed by atoms with Crippen molar-refractivity contribution in [1.29, 1.82) is 0 Å². The number of nitrogens with zero attached hydrogens (tertiary/aromatic N) is 2. The number of hydrogen-bond acceptors (Lipinski definition) is 4. The Kier molecular flexibility index (Phi) is 5.31. The van der Waals surface area contributed by atoms with E-state index >= 15 is 0 Å². The van der Waals surface area contributed by atoms with Gasteiger partial charge < -0.3 is 10.1 Å². The second-order valence-electron chi connectivity index (χ2n) is 6.30. The SMILES string of the molecule is COc1cccc(CN2CCC(NCc3cn[nH]c3C)CC2)c1. The molecule has 0 radical (unpaired) electrons. The highest BCUT2D eigenvalue weighted by atomic mass is 16.5. The number of methoxy groups -OCH3 is 1. The van der Waals surface area contributed by atoms with Gasteiger partial charge in [-0.1, -0.05) is 12.1 Å². The van der Waals surface area contributed by atoms with E-state index in [0.717, 1.165) is 37.6 Å². The zero-order chi connectivity index (χ0) is 16.1. The molecule has 0 unspecified atom stereocenters. The second-order valence-corrected chi connectivity index (χ2v) is 6.30. The quantitative estimate of drug-likeness (QED) is 0.860. The van der Waals surface area contributed by atoms with Crippen molar-refractivity contribution >= 4 is 0 Å². The minimum absolute atomic E-state index is 0.603. The third kappa shape index (κ3) is 4.33. The number of piperidine rings is 1. The highest BCUT2D eigenvalue weighted by molar-refractivity contribution is 5.28. The van der Waals surface area contributed by atoms with Gasteiger partial charge in [-0.05, 0) is 50.6 Å². The number of aryl methyl sites for hydroxylation is 1. The molecular formula is C18H26N4O. The van der Waals surface area contributed by atoms with Crippen molar-refractivity contribution in [2.75, 3.05) is 20.2 Å². The summed E-state index contributed by atoms with van der Waals surface area (Å²) in [5, 5.41) is 10.7. The maximum Gasteiger partial charge on any atom is 0.119 e. The predicted molar refractivity (Wildman–Crippen MR) is 91.5 cm³/mol. The maximum atomic E-state index is 5.30. The summed E-state index contributed by atoms with van der Waals surface area (Å²) < 4.78 is 5.30. The van der Waals surface area contributed by atoms with Gasteiger partial charge in [-0.2, -0.15) is 5.10 Å². The number of H-pyrrole nitrogens is 1. The van der Waals surface area contributed by atoms with Crippen molar-refractivity contribution < 1.29 is 4.74 Å². The molecule has 5 nitrogen and oxygen atoms in total. The second kappa shape index (κ2) is 7.62. The lowest BCUT2D eigenvalue weighted by atomic mass is 10.0. The van der Waals surface area contributed by atoms with Crippen LogP contribution in [0.25, 0.3) is 0 Å². The van der Waals surface area contributed by atoms with E-state index in [4.69, 9.17) is 4.74 Å². The normalized spacial score (nSPS) is 16.6. The predicted octanol–water partition coefficient (Wildman–Crippen LogP) is 2.48. The van der Waals surface area contributed by atoms with E-state index in [1.54, 1.807) is 7.11 Å². The standard InChI is InChI=1S/C18H26N4O/c1-14-16(12-20-21-14)11-19-17-6-8-22(9-7-17)13-15-4-3-5-18(10-15)23-2/h3-5,10,12,17,19H,6-9,11,13H2,1-2H3,(H,20,21). The zero-order valence-electron chi connectivity index (χ0n) is 14.0. The fraction of sp³-hybridized carbons (Fsp3) is 0.500. The van der Waals surface area contributed by atoms with Crippen molar-refractivity contribution in [3.8, 4) is 5.75 Å². The molecule has 3 rings (SSSR count). The topological polar surface area (TPSA) is 53.2 Å². The highest BCUT2D eigenvalue weighted by Gasteiger charge is 2.19. The summed E-state index contributed by atoms with van der Waals surface area (Å²) in [7, 11) is 1.72. The average Bonchev–Trinajstić information content (AvgIpc) is 2.99. The Morgan fingerprint density at radius 3 is 2.87 bits per heavy atom. The average molecular weight is 314 g/mol. The molecule has 5 heteroatoms. The van der Waals surface area contributed by atoms with Gasteiger partial charge in [0, 0.05) is 30.4 Å². The minimum Gasteiger partial charge on any atom is -0.497 e. The van der Waals surface area contributed by atoms with Gasteiger partial charge in [0.1, 0.15) is 5.75 Å². The molecule has 2 N–H and O–H groups in total. The summed E-state index contributed by atoms with van der Waals surface area (Å²) in [4.78, 5) is 2.52. The Balaban J connectivity index is 1.44. The van der Waals surface area contributed by atoms with Gasteiger partial charge in [0.25, 0.3) is 0 Å². The summed E-state index contributed by atoms with van der Waals surface area (Å²) in [5.41, 5.74) is 3.75. The van der Waals surface area contributed by atoms with Crippen molar-refractivity contribution in [3.63, 3.8) is 0 Å². The molecule has 2 aromatic rings. The van der Waals surface area contributed by atoms with Crippen LogP contribution in [0.4, 0.5) is 0 Å². The number of ether oxygens (including phenoxy) is 1. The van der Waals surface area contributed by atoms with Gasteiger partial charge in [0.15, 0.2) is 0 Å². The first-order valence-corrected chi connectivity index (χ1v) is 8.32. The van der Waals surface area contributed by atoms with Crippen LogP contribution in [0, 0.1) is 6.92 Å². The van der Waals surface area contributed by atoms with Gasteiger partial charge >= 0.3 is 0 Å². The molecule has 0 bridgehead atoms. The Labute approximate surface area is 138 Å². The van der Waals surface area contributed by atoms with Gasteiger partial charge in [-0.3, -0.25) is 10.00 Å². The fourth-order valence-electron chi connectivity index (χ4n) is 3.13. The number of benzene rings is 1. The van der Waals surface area contributed by atoms with Gasteiger partial charge in [-0.15, -0.1) is 0 Å². The van der Waals surface area contributed by atoms with Gasteiger partial charge in [-0.25, -0.2) is 0 Å². The van der Waals surface area contributed by atoms with Crippen molar-refractivity contribution in [2.24, 2.45) is 0 Å². The van der Waals surface area contributed by atoms with E-state index in [2.05, 4.69) is 45.5 Å². The van der Waals surface area contributed by atoms with E-state index in [-0.39, 0.29) is 0 Å². The molecule has 124 valence electrons. The molecule has 0 spiro atoms. The minimum atomic E-state index is 0.603. The molecule has 1 aromatic heterocycles. The summed E-state index contributed by atoms with van der Waals surface area (Å²) in [6.07, 6.45) is 4.31. The van der Waals surface area contributed by atoms with Crippen molar-refractivity contribution in [2.45, 2.75) is 38.9 Å². The van der Waals surface area contributed by atoms with Crippen LogP contribution in [0.1, 0.15) is 29.7 Å². The van der Waals surface area contributed by atoms with Gasteiger partial charge in [0.05, 0.1) is 13.3 Å². The van der Waals surface area contributed by atoms with Crippen LogP contribution < -0.4 is 10.1 Å². The zero-order valence-corrected chi connectivity index (χ0v) is 14.0. The Hall–Kier alpha value is -1.85. The molecule has 1 aliphatic rings. The van der Waals surface area contributed by atoms with Gasteiger partial charge in [0.2, 0.25) is 0 Å². The van der Waals surface area contributed by atoms with Crippen molar-refractivity contribution in [1.82, 2.24) is 20.4 Å². The summed E-state index contributed by atoms with van der Waals surface area (Å²) in [6, 6.07) is 8.97.